The third kappa shape index (κ3) is 7.79. The molecule has 3 aromatic rings. The number of carbonyl (C=O) groups excluding carboxylic acids is 2. The van der Waals surface area contributed by atoms with Crippen molar-refractivity contribution < 1.29 is 27.1 Å². The molecule has 0 aliphatic carbocycles. The molecule has 0 saturated carbocycles. The number of anilines is 1. The summed E-state index contributed by atoms with van der Waals surface area (Å²) in [5.41, 5.74) is 0.849. The summed E-state index contributed by atoms with van der Waals surface area (Å²) in [7, 11) is -2.65. The van der Waals surface area contributed by atoms with E-state index in [9.17, 15) is 22.4 Å². The Morgan fingerprint density at radius 1 is 0.923 bits per heavy atom. The lowest BCUT2D eigenvalue weighted by atomic mass is 10.1. The molecule has 208 valence electrons. The molecule has 0 saturated heterocycles. The van der Waals surface area contributed by atoms with Crippen LogP contribution in [0.5, 0.6) is 5.75 Å². The number of nitrogens with zero attached hydrogens (tertiary/aromatic N) is 2. The number of sulfonamides is 1. The Hall–Kier alpha value is -3.92. The zero-order chi connectivity index (χ0) is 28.6. The standard InChI is InChI=1S/C29H34FN3O5S/c1-21(2)18-31-29(35)22(3)32(19-23-10-16-26(38-4)17-11-23)28(34)20-33(25-14-12-24(30)13-15-25)39(36,37)27-8-6-5-7-9-27/h5-17,21-22H,18-20H2,1-4H3,(H,31,35)/t22-/m0/s1. The van der Waals surface area contributed by atoms with Crippen LogP contribution in [0.4, 0.5) is 10.1 Å². The van der Waals surface area contributed by atoms with Crippen LogP contribution in [0.2, 0.25) is 0 Å². The number of ether oxygens (including phenoxy) is 1. The number of carbonyl (C=O) groups is 2. The van der Waals surface area contributed by atoms with Gasteiger partial charge < -0.3 is 15.0 Å². The number of hydrogen-bond donors (Lipinski definition) is 1. The highest BCUT2D eigenvalue weighted by Crippen LogP contribution is 2.25. The summed E-state index contributed by atoms with van der Waals surface area (Å²) in [6, 6.07) is 18.7. The van der Waals surface area contributed by atoms with E-state index in [4.69, 9.17) is 4.74 Å². The topological polar surface area (TPSA) is 96.0 Å². The SMILES string of the molecule is COc1ccc(CN(C(=O)CN(c2ccc(F)cc2)S(=O)(=O)c2ccccc2)[C@@H](C)C(=O)NCC(C)C)cc1. The van der Waals surface area contributed by atoms with Gasteiger partial charge in [-0.1, -0.05) is 44.2 Å². The molecule has 0 fully saturated rings. The number of benzene rings is 3. The van der Waals surface area contributed by atoms with Gasteiger partial charge in [-0.05, 0) is 66.9 Å². The first kappa shape index (κ1) is 29.6. The summed E-state index contributed by atoms with van der Waals surface area (Å²) >= 11 is 0. The maximum atomic E-state index is 13.8. The van der Waals surface area contributed by atoms with Gasteiger partial charge >= 0.3 is 0 Å². The maximum absolute atomic E-state index is 13.8. The summed E-state index contributed by atoms with van der Waals surface area (Å²) in [5, 5.41) is 2.84. The summed E-state index contributed by atoms with van der Waals surface area (Å²) in [5.74, 6) is -0.655. The van der Waals surface area contributed by atoms with Crippen LogP contribution in [0.1, 0.15) is 26.3 Å². The smallest absolute Gasteiger partial charge is 0.264 e. The zero-order valence-corrected chi connectivity index (χ0v) is 23.3. The molecular formula is C29H34FN3O5S. The van der Waals surface area contributed by atoms with Gasteiger partial charge in [0.2, 0.25) is 11.8 Å². The largest absolute Gasteiger partial charge is 0.497 e. The Bertz CT molecular complexity index is 1350. The molecule has 0 spiro atoms. The Morgan fingerprint density at radius 3 is 2.10 bits per heavy atom. The molecule has 2 amide bonds. The molecule has 0 bridgehead atoms. The third-order valence-corrected chi connectivity index (χ3v) is 7.88. The highest BCUT2D eigenvalue weighted by molar-refractivity contribution is 7.92. The normalized spacial score (nSPS) is 12.1. The van der Waals surface area contributed by atoms with E-state index in [-0.39, 0.29) is 29.0 Å². The van der Waals surface area contributed by atoms with Gasteiger partial charge in [0.25, 0.3) is 10.0 Å². The second-order valence-electron chi connectivity index (χ2n) is 9.49. The Kier molecular flexibility index (Phi) is 10.1. The van der Waals surface area contributed by atoms with Gasteiger partial charge in [0, 0.05) is 13.1 Å². The van der Waals surface area contributed by atoms with Crippen LogP contribution >= 0.6 is 0 Å². The molecule has 0 aliphatic heterocycles. The molecule has 3 rings (SSSR count). The lowest BCUT2D eigenvalue weighted by Crippen LogP contribution is -2.51. The highest BCUT2D eigenvalue weighted by atomic mass is 32.2. The molecule has 10 heteroatoms. The van der Waals surface area contributed by atoms with Crippen molar-refractivity contribution >= 4 is 27.5 Å². The number of halogens is 1. The summed E-state index contributed by atoms with van der Waals surface area (Å²) in [4.78, 5) is 28.1. The zero-order valence-electron chi connectivity index (χ0n) is 22.5. The molecular weight excluding hydrogens is 521 g/mol. The van der Waals surface area contributed by atoms with E-state index in [0.717, 1.165) is 22.0 Å². The molecule has 0 unspecified atom stereocenters. The van der Waals surface area contributed by atoms with Crippen molar-refractivity contribution in [3.8, 4) is 5.75 Å². The van der Waals surface area contributed by atoms with Crippen molar-refractivity contribution in [2.45, 2.75) is 38.3 Å². The highest BCUT2D eigenvalue weighted by Gasteiger charge is 2.32. The summed E-state index contributed by atoms with van der Waals surface area (Å²) in [6.07, 6.45) is 0. The van der Waals surface area contributed by atoms with E-state index in [1.54, 1.807) is 56.5 Å². The number of hydrogen-bond acceptors (Lipinski definition) is 5. The van der Waals surface area contributed by atoms with E-state index < -0.39 is 34.3 Å². The lowest BCUT2D eigenvalue weighted by molar-refractivity contribution is -0.139. The fraction of sp³-hybridized carbons (Fsp3) is 0.310. The number of rotatable bonds is 12. The number of amides is 2. The number of methoxy groups -OCH3 is 1. The molecule has 1 atom stereocenters. The van der Waals surface area contributed by atoms with Gasteiger partial charge in [0.05, 0.1) is 17.7 Å². The van der Waals surface area contributed by atoms with Crippen molar-refractivity contribution in [3.05, 3.63) is 90.2 Å². The molecule has 1 N–H and O–H groups in total. The average molecular weight is 556 g/mol. The summed E-state index contributed by atoms with van der Waals surface area (Å²) in [6.45, 7) is 5.41. The molecule has 39 heavy (non-hydrogen) atoms. The van der Waals surface area contributed by atoms with Crippen molar-refractivity contribution in [3.63, 3.8) is 0 Å². The van der Waals surface area contributed by atoms with Crippen molar-refractivity contribution in [1.29, 1.82) is 0 Å². The van der Waals surface area contributed by atoms with Gasteiger partial charge in [-0.3, -0.25) is 13.9 Å². The fourth-order valence-electron chi connectivity index (χ4n) is 3.82. The minimum Gasteiger partial charge on any atom is -0.497 e. The van der Waals surface area contributed by atoms with E-state index >= 15 is 0 Å². The van der Waals surface area contributed by atoms with Crippen LogP contribution in [0, 0.1) is 11.7 Å². The molecule has 0 aliphatic rings. The number of nitrogens with one attached hydrogen (secondary N) is 1. The molecule has 8 nitrogen and oxygen atoms in total. The third-order valence-electron chi connectivity index (χ3n) is 6.09. The lowest BCUT2D eigenvalue weighted by Gasteiger charge is -2.32. The Labute approximate surface area is 229 Å². The van der Waals surface area contributed by atoms with Crippen LogP contribution in [0.25, 0.3) is 0 Å². The minimum absolute atomic E-state index is 0.0217. The van der Waals surface area contributed by atoms with Gasteiger partial charge in [-0.2, -0.15) is 0 Å². The van der Waals surface area contributed by atoms with Gasteiger partial charge in [-0.15, -0.1) is 0 Å². The fourth-order valence-corrected chi connectivity index (χ4v) is 5.25. The summed E-state index contributed by atoms with van der Waals surface area (Å²) < 4.78 is 47.1. The Morgan fingerprint density at radius 2 is 1.54 bits per heavy atom. The predicted octanol–water partition coefficient (Wildman–Crippen LogP) is 4.22. The van der Waals surface area contributed by atoms with E-state index in [2.05, 4.69) is 5.32 Å². The molecule has 3 aromatic carbocycles. The monoisotopic (exact) mass is 555 g/mol. The molecule has 0 heterocycles. The van der Waals surface area contributed by atoms with E-state index in [1.807, 2.05) is 13.8 Å². The molecule has 0 aromatic heterocycles. The van der Waals surface area contributed by atoms with Gasteiger partial charge in [-0.25, -0.2) is 12.8 Å². The van der Waals surface area contributed by atoms with Crippen LogP contribution in [0.3, 0.4) is 0 Å². The van der Waals surface area contributed by atoms with Crippen molar-refractivity contribution in [2.75, 3.05) is 24.5 Å². The molecule has 0 radical (unpaired) electrons. The van der Waals surface area contributed by atoms with Gasteiger partial charge in [0.1, 0.15) is 24.2 Å². The van der Waals surface area contributed by atoms with Crippen molar-refractivity contribution in [2.24, 2.45) is 5.92 Å². The first-order valence-electron chi connectivity index (χ1n) is 12.6. The first-order valence-corrected chi connectivity index (χ1v) is 14.0. The predicted molar refractivity (Wildman–Crippen MR) is 148 cm³/mol. The van der Waals surface area contributed by atoms with E-state index in [1.165, 1.54) is 29.2 Å². The minimum atomic E-state index is -4.20. The van der Waals surface area contributed by atoms with Crippen LogP contribution < -0.4 is 14.4 Å². The van der Waals surface area contributed by atoms with Crippen LogP contribution in [-0.2, 0) is 26.2 Å². The van der Waals surface area contributed by atoms with E-state index in [0.29, 0.717) is 12.3 Å². The van der Waals surface area contributed by atoms with Crippen LogP contribution in [-0.4, -0.2) is 51.4 Å². The second kappa shape index (κ2) is 13.2. The van der Waals surface area contributed by atoms with Gasteiger partial charge in [0.15, 0.2) is 0 Å². The van der Waals surface area contributed by atoms with Crippen LogP contribution in [0.15, 0.2) is 83.8 Å². The average Bonchev–Trinajstić information content (AvgIpc) is 2.94. The van der Waals surface area contributed by atoms with Crippen molar-refractivity contribution in [1.82, 2.24) is 10.2 Å². The maximum Gasteiger partial charge on any atom is 0.264 e. The quantitative estimate of drug-likeness (QED) is 0.361. The second-order valence-corrected chi connectivity index (χ2v) is 11.3. The Balaban J connectivity index is 1.98. The first-order chi connectivity index (χ1) is 18.5.